The molecule has 0 saturated carbocycles. The van der Waals surface area contributed by atoms with E-state index in [1.54, 1.807) is 18.2 Å². The van der Waals surface area contributed by atoms with Crippen LogP contribution in [0.5, 0.6) is 5.75 Å². The minimum atomic E-state index is 0.0487. The Bertz CT molecular complexity index is 312. The van der Waals surface area contributed by atoms with E-state index < -0.39 is 0 Å². The first-order chi connectivity index (χ1) is 5.59. The van der Waals surface area contributed by atoms with Crippen molar-refractivity contribution < 1.29 is 5.11 Å². The van der Waals surface area contributed by atoms with Gasteiger partial charge in [0.25, 0.3) is 0 Å². The second-order valence-electron chi connectivity index (χ2n) is 2.48. The lowest BCUT2D eigenvalue weighted by atomic mass is 10.1. The van der Waals surface area contributed by atoms with Crippen LogP contribution < -0.4 is 5.73 Å². The highest BCUT2D eigenvalue weighted by atomic mass is 79.9. The zero-order valence-electron chi connectivity index (χ0n) is 6.34. The van der Waals surface area contributed by atoms with Gasteiger partial charge in [0, 0.05) is 16.5 Å². The molecule has 0 aromatic heterocycles. The maximum absolute atomic E-state index is 9.36. The fraction of sp³-hybridized carbons (Fsp3) is 0.125. The van der Waals surface area contributed by atoms with Gasteiger partial charge in [0.05, 0.1) is 5.84 Å². The van der Waals surface area contributed by atoms with Crippen LogP contribution in [0.4, 0.5) is 0 Å². The molecule has 0 spiro atoms. The van der Waals surface area contributed by atoms with Crippen LogP contribution in [-0.4, -0.2) is 10.9 Å². The maximum atomic E-state index is 9.36. The quantitative estimate of drug-likeness (QED) is 0.532. The topological polar surface area (TPSA) is 70.1 Å². The van der Waals surface area contributed by atoms with Gasteiger partial charge in [0.15, 0.2) is 0 Å². The molecule has 1 aromatic carbocycles. The number of nitrogens with two attached hydrogens (primary N) is 1. The Morgan fingerprint density at radius 2 is 2.25 bits per heavy atom. The first-order valence-corrected chi connectivity index (χ1v) is 4.19. The number of benzene rings is 1. The Hall–Kier alpha value is -1.03. The van der Waals surface area contributed by atoms with Gasteiger partial charge in [0.1, 0.15) is 5.75 Å². The summed E-state index contributed by atoms with van der Waals surface area (Å²) in [6.45, 7) is 0. The van der Waals surface area contributed by atoms with Crippen LogP contribution in [0.15, 0.2) is 22.7 Å². The molecule has 64 valence electrons. The normalized spacial score (nSPS) is 9.75. The molecule has 0 amide bonds. The monoisotopic (exact) mass is 228 g/mol. The first-order valence-electron chi connectivity index (χ1n) is 3.40. The average molecular weight is 229 g/mol. The smallest absolute Gasteiger partial charge is 0.120 e. The summed E-state index contributed by atoms with van der Waals surface area (Å²) in [5.41, 5.74) is 5.86. The summed E-state index contributed by atoms with van der Waals surface area (Å²) in [4.78, 5) is 0. The highest BCUT2D eigenvalue weighted by Crippen LogP contribution is 2.22. The number of hydrogen-bond acceptors (Lipinski definition) is 2. The number of amidine groups is 1. The van der Waals surface area contributed by atoms with Gasteiger partial charge in [-0.25, -0.2) is 0 Å². The molecule has 0 saturated heterocycles. The fourth-order valence-electron chi connectivity index (χ4n) is 0.892. The first kappa shape index (κ1) is 9.06. The molecule has 0 heterocycles. The molecule has 1 rings (SSSR count). The average Bonchev–Trinajstić information content (AvgIpc) is 1.94. The van der Waals surface area contributed by atoms with Crippen LogP contribution >= 0.6 is 15.9 Å². The second kappa shape index (κ2) is 3.58. The van der Waals surface area contributed by atoms with E-state index in [0.29, 0.717) is 12.0 Å². The summed E-state index contributed by atoms with van der Waals surface area (Å²) >= 11 is 3.22. The molecule has 0 atom stereocenters. The number of halogens is 1. The van der Waals surface area contributed by atoms with Crippen LogP contribution in [0, 0.1) is 5.41 Å². The van der Waals surface area contributed by atoms with E-state index in [1.165, 1.54) is 0 Å². The van der Waals surface area contributed by atoms with Gasteiger partial charge in [0.2, 0.25) is 0 Å². The van der Waals surface area contributed by atoms with E-state index in [9.17, 15) is 5.11 Å². The largest absolute Gasteiger partial charge is 0.508 e. The molecule has 4 N–H and O–H groups in total. The molecule has 0 bridgehead atoms. The SMILES string of the molecule is N=C(N)Cc1ccc(Br)cc1O. The third-order valence-corrected chi connectivity index (χ3v) is 1.92. The van der Waals surface area contributed by atoms with E-state index in [1.807, 2.05) is 0 Å². The third kappa shape index (κ3) is 2.23. The molecule has 0 aliphatic carbocycles. The molecule has 4 heteroatoms. The van der Waals surface area contributed by atoms with Crippen molar-refractivity contribution in [3.8, 4) is 5.75 Å². The van der Waals surface area contributed by atoms with Crippen molar-refractivity contribution >= 4 is 21.8 Å². The molecule has 12 heavy (non-hydrogen) atoms. The van der Waals surface area contributed by atoms with Crippen molar-refractivity contribution in [3.05, 3.63) is 28.2 Å². The Kier molecular flexibility index (Phi) is 2.70. The van der Waals surface area contributed by atoms with Gasteiger partial charge in [-0.3, -0.25) is 5.41 Å². The zero-order chi connectivity index (χ0) is 9.14. The van der Waals surface area contributed by atoms with E-state index in [0.717, 1.165) is 4.47 Å². The summed E-state index contributed by atoms with van der Waals surface area (Å²) in [6.07, 6.45) is 0.291. The molecule has 0 unspecified atom stereocenters. The summed E-state index contributed by atoms with van der Waals surface area (Å²) in [7, 11) is 0. The predicted molar refractivity (Wildman–Crippen MR) is 51.4 cm³/mol. The predicted octanol–water partition coefficient (Wildman–Crippen LogP) is 1.63. The lowest BCUT2D eigenvalue weighted by Gasteiger charge is -2.02. The van der Waals surface area contributed by atoms with Gasteiger partial charge in [-0.1, -0.05) is 22.0 Å². The van der Waals surface area contributed by atoms with Crippen molar-refractivity contribution in [1.29, 1.82) is 5.41 Å². The Labute approximate surface area is 78.8 Å². The third-order valence-electron chi connectivity index (χ3n) is 1.43. The number of rotatable bonds is 2. The maximum Gasteiger partial charge on any atom is 0.120 e. The van der Waals surface area contributed by atoms with Gasteiger partial charge in [-0.15, -0.1) is 0 Å². The molecule has 3 nitrogen and oxygen atoms in total. The molecule has 0 radical (unpaired) electrons. The summed E-state index contributed by atoms with van der Waals surface area (Å²) in [5, 5.41) is 16.4. The van der Waals surface area contributed by atoms with Crippen LogP contribution in [0.2, 0.25) is 0 Å². The zero-order valence-corrected chi connectivity index (χ0v) is 7.93. The summed E-state index contributed by atoms with van der Waals surface area (Å²) in [5.74, 6) is 0.215. The standard InChI is InChI=1S/C8H9BrN2O/c9-6-2-1-5(3-8(10)11)7(12)4-6/h1-2,4,12H,3H2,(H3,10,11). The lowest BCUT2D eigenvalue weighted by molar-refractivity contribution is 0.469. The minimum absolute atomic E-state index is 0.0487. The molecule has 0 aliphatic heterocycles. The summed E-state index contributed by atoms with van der Waals surface area (Å²) in [6, 6.07) is 5.12. The van der Waals surface area contributed by atoms with Gasteiger partial charge in [-0.2, -0.15) is 0 Å². The second-order valence-corrected chi connectivity index (χ2v) is 3.39. The lowest BCUT2D eigenvalue weighted by Crippen LogP contribution is -2.12. The Morgan fingerprint density at radius 1 is 1.58 bits per heavy atom. The van der Waals surface area contributed by atoms with E-state index in [4.69, 9.17) is 11.1 Å². The highest BCUT2D eigenvalue weighted by molar-refractivity contribution is 9.10. The number of nitrogens with one attached hydrogen (secondary N) is 1. The summed E-state index contributed by atoms with van der Waals surface area (Å²) < 4.78 is 0.812. The minimum Gasteiger partial charge on any atom is -0.508 e. The highest BCUT2D eigenvalue weighted by Gasteiger charge is 2.02. The Morgan fingerprint density at radius 3 is 2.75 bits per heavy atom. The van der Waals surface area contributed by atoms with Crippen LogP contribution in [0.25, 0.3) is 0 Å². The van der Waals surface area contributed by atoms with Crippen LogP contribution in [0.3, 0.4) is 0 Å². The van der Waals surface area contributed by atoms with Gasteiger partial charge >= 0.3 is 0 Å². The van der Waals surface area contributed by atoms with Crippen molar-refractivity contribution in [2.45, 2.75) is 6.42 Å². The molecule has 0 aliphatic rings. The van der Waals surface area contributed by atoms with E-state index in [-0.39, 0.29) is 11.6 Å². The molecule has 1 aromatic rings. The number of aromatic hydroxyl groups is 1. The van der Waals surface area contributed by atoms with E-state index >= 15 is 0 Å². The molecular weight excluding hydrogens is 220 g/mol. The van der Waals surface area contributed by atoms with E-state index in [2.05, 4.69) is 15.9 Å². The fourth-order valence-corrected chi connectivity index (χ4v) is 1.24. The Balaban J connectivity index is 2.93. The molecular formula is C8H9BrN2O. The number of phenols is 1. The van der Waals surface area contributed by atoms with Crippen LogP contribution in [0.1, 0.15) is 5.56 Å². The number of hydrogen-bond donors (Lipinski definition) is 3. The molecule has 0 fully saturated rings. The van der Waals surface area contributed by atoms with Gasteiger partial charge < -0.3 is 10.8 Å². The van der Waals surface area contributed by atoms with Crippen LogP contribution in [-0.2, 0) is 6.42 Å². The van der Waals surface area contributed by atoms with Crippen molar-refractivity contribution in [1.82, 2.24) is 0 Å². The van der Waals surface area contributed by atoms with Crippen molar-refractivity contribution in [2.24, 2.45) is 5.73 Å². The van der Waals surface area contributed by atoms with Crippen molar-refractivity contribution in [3.63, 3.8) is 0 Å². The number of phenolic OH excluding ortho intramolecular Hbond substituents is 1. The van der Waals surface area contributed by atoms with Gasteiger partial charge in [-0.05, 0) is 12.1 Å². The van der Waals surface area contributed by atoms with Crippen molar-refractivity contribution in [2.75, 3.05) is 0 Å².